The van der Waals surface area contributed by atoms with Crippen LogP contribution >= 0.6 is 23.2 Å². The predicted molar refractivity (Wildman–Crippen MR) is 100 cm³/mol. The van der Waals surface area contributed by atoms with E-state index in [4.69, 9.17) is 33.4 Å². The summed E-state index contributed by atoms with van der Waals surface area (Å²) in [7, 11) is 0. The van der Waals surface area contributed by atoms with Crippen LogP contribution in [0, 0.1) is 0 Å². The van der Waals surface area contributed by atoms with Gasteiger partial charge in [-0.1, -0.05) is 35.3 Å². The molecule has 3 N–H and O–H groups in total. The number of nitrogens with two attached hydrogens (primary N) is 1. The zero-order chi connectivity index (χ0) is 17.8. The molecule has 0 aliphatic carbocycles. The summed E-state index contributed by atoms with van der Waals surface area (Å²) in [6, 6.07) is 15.5. The van der Waals surface area contributed by atoms with E-state index in [-0.39, 0.29) is 0 Å². The highest BCUT2D eigenvalue weighted by Gasteiger charge is 2.08. The van der Waals surface area contributed by atoms with E-state index in [1.54, 1.807) is 54.6 Å². The minimum absolute atomic E-state index is 0.357. The molecule has 5 nitrogen and oxygen atoms in total. The Hall–Kier alpha value is -2.76. The molecule has 0 aliphatic heterocycles. The van der Waals surface area contributed by atoms with Crippen molar-refractivity contribution in [3.05, 3.63) is 76.0 Å². The van der Waals surface area contributed by atoms with Gasteiger partial charge < -0.3 is 10.2 Å². The normalized spacial score (nSPS) is 11.0. The minimum Gasteiger partial charge on any atom is -0.455 e. The van der Waals surface area contributed by atoms with Gasteiger partial charge in [0, 0.05) is 11.3 Å². The largest absolute Gasteiger partial charge is 0.455 e. The molecule has 0 saturated carbocycles. The van der Waals surface area contributed by atoms with Crippen molar-refractivity contribution < 1.29 is 9.21 Å². The van der Waals surface area contributed by atoms with Gasteiger partial charge in [-0.3, -0.25) is 4.79 Å². The van der Waals surface area contributed by atoms with Crippen LogP contribution in [0.1, 0.15) is 16.1 Å². The topological polar surface area (TPSA) is 80.6 Å². The van der Waals surface area contributed by atoms with Gasteiger partial charge in [0.15, 0.2) is 0 Å². The summed E-state index contributed by atoms with van der Waals surface area (Å²) in [6.07, 6.45) is 1.40. The van der Waals surface area contributed by atoms with E-state index in [2.05, 4.69) is 10.5 Å². The van der Waals surface area contributed by atoms with Gasteiger partial charge in [-0.2, -0.15) is 5.10 Å². The molecule has 0 fully saturated rings. The average molecular weight is 374 g/mol. The third-order valence-corrected chi connectivity index (χ3v) is 4.13. The zero-order valence-corrected chi connectivity index (χ0v) is 14.4. The summed E-state index contributed by atoms with van der Waals surface area (Å²) in [6.45, 7) is 0. The van der Waals surface area contributed by atoms with Crippen LogP contribution in [0.2, 0.25) is 10.0 Å². The van der Waals surface area contributed by atoms with Gasteiger partial charge >= 0.3 is 0 Å². The maximum atomic E-state index is 12.0. The molecule has 25 heavy (non-hydrogen) atoms. The molecule has 3 rings (SSSR count). The Morgan fingerprint density at radius 1 is 1.08 bits per heavy atom. The lowest BCUT2D eigenvalue weighted by Crippen LogP contribution is -2.18. The van der Waals surface area contributed by atoms with Gasteiger partial charge in [-0.25, -0.2) is 5.43 Å². The lowest BCUT2D eigenvalue weighted by Gasteiger charge is -2.02. The highest BCUT2D eigenvalue weighted by atomic mass is 35.5. The van der Waals surface area contributed by atoms with Crippen molar-refractivity contribution in [2.24, 2.45) is 5.10 Å². The number of rotatable bonds is 4. The van der Waals surface area contributed by atoms with E-state index in [1.807, 2.05) is 0 Å². The predicted octanol–water partition coefficient (Wildman–Crippen LogP) is 4.60. The smallest absolute Gasteiger partial charge is 0.273 e. The van der Waals surface area contributed by atoms with E-state index in [1.165, 1.54) is 6.21 Å². The average Bonchev–Trinajstić information content (AvgIpc) is 3.06. The Bertz CT molecular complexity index is 951. The van der Waals surface area contributed by atoms with Gasteiger partial charge in [0.1, 0.15) is 11.5 Å². The molecular formula is C18H13Cl2N3O2. The van der Waals surface area contributed by atoms with Crippen LogP contribution in [0.4, 0.5) is 5.69 Å². The molecule has 0 bridgehead atoms. The third-order valence-electron chi connectivity index (χ3n) is 3.39. The molecule has 0 unspecified atom stereocenters. The van der Waals surface area contributed by atoms with Crippen molar-refractivity contribution in [1.82, 2.24) is 5.43 Å². The second-order valence-corrected chi connectivity index (χ2v) is 5.93. The number of nitrogens with one attached hydrogen (secondary N) is 1. The highest BCUT2D eigenvalue weighted by Crippen LogP contribution is 2.29. The van der Waals surface area contributed by atoms with Gasteiger partial charge in [0.05, 0.1) is 21.8 Å². The van der Waals surface area contributed by atoms with Gasteiger partial charge in [0.25, 0.3) is 5.91 Å². The Morgan fingerprint density at radius 2 is 1.88 bits per heavy atom. The van der Waals surface area contributed by atoms with E-state index < -0.39 is 5.91 Å². The number of hydrazone groups is 1. The highest BCUT2D eigenvalue weighted by molar-refractivity contribution is 6.42. The van der Waals surface area contributed by atoms with E-state index in [0.717, 1.165) is 5.56 Å². The SMILES string of the molecule is Nc1ccccc1C(=O)N/N=C\c1ccc(-c2ccc(Cl)c(Cl)c2)o1. The Balaban J connectivity index is 1.69. The zero-order valence-electron chi connectivity index (χ0n) is 12.9. The number of nitrogen functional groups attached to an aromatic ring is 1. The van der Waals surface area contributed by atoms with Crippen molar-refractivity contribution in [3.63, 3.8) is 0 Å². The monoisotopic (exact) mass is 373 g/mol. The van der Waals surface area contributed by atoms with Crippen molar-refractivity contribution in [2.75, 3.05) is 5.73 Å². The van der Waals surface area contributed by atoms with Crippen LogP contribution in [0.3, 0.4) is 0 Å². The minimum atomic E-state index is -0.398. The molecule has 7 heteroatoms. The molecule has 1 amide bonds. The number of hydrogen-bond donors (Lipinski definition) is 2. The molecule has 126 valence electrons. The Morgan fingerprint density at radius 3 is 2.64 bits per heavy atom. The maximum Gasteiger partial charge on any atom is 0.273 e. The van der Waals surface area contributed by atoms with Gasteiger partial charge in [-0.15, -0.1) is 0 Å². The van der Waals surface area contributed by atoms with Crippen molar-refractivity contribution >= 4 is 41.0 Å². The van der Waals surface area contributed by atoms with Crippen LogP contribution in [0.25, 0.3) is 11.3 Å². The first kappa shape index (κ1) is 17.1. The van der Waals surface area contributed by atoms with Crippen LogP contribution in [0.15, 0.2) is 64.1 Å². The molecule has 1 heterocycles. The summed E-state index contributed by atoms with van der Waals surface area (Å²) in [4.78, 5) is 12.0. The van der Waals surface area contributed by atoms with Gasteiger partial charge in [-0.05, 0) is 42.5 Å². The number of para-hydroxylation sites is 1. The van der Waals surface area contributed by atoms with E-state index in [9.17, 15) is 4.79 Å². The summed E-state index contributed by atoms with van der Waals surface area (Å²) in [5, 5.41) is 4.79. The summed E-state index contributed by atoms with van der Waals surface area (Å²) in [5.41, 5.74) is 9.68. The fraction of sp³-hybridized carbons (Fsp3) is 0. The van der Waals surface area contributed by atoms with E-state index >= 15 is 0 Å². The summed E-state index contributed by atoms with van der Waals surface area (Å²) in [5.74, 6) is 0.687. The number of carbonyl (C=O) groups excluding carboxylic acids is 1. The standard InChI is InChI=1S/C18H13Cl2N3O2/c19-14-7-5-11(9-15(14)20)17-8-6-12(25-17)10-22-23-18(24)13-3-1-2-4-16(13)21/h1-10H,21H2,(H,23,24)/b22-10-. The second-order valence-electron chi connectivity index (χ2n) is 5.12. The van der Waals surface area contributed by atoms with Crippen LogP contribution in [-0.4, -0.2) is 12.1 Å². The van der Waals surface area contributed by atoms with Gasteiger partial charge in [0.2, 0.25) is 0 Å². The first-order valence-electron chi connectivity index (χ1n) is 7.28. The molecule has 0 spiro atoms. The van der Waals surface area contributed by atoms with Crippen LogP contribution in [0.5, 0.6) is 0 Å². The second kappa shape index (κ2) is 7.42. The number of anilines is 1. The molecular weight excluding hydrogens is 361 g/mol. The molecule has 0 aliphatic rings. The number of nitrogens with zero attached hydrogens (tertiary/aromatic N) is 1. The first-order valence-corrected chi connectivity index (χ1v) is 8.03. The summed E-state index contributed by atoms with van der Waals surface area (Å²) >= 11 is 11.9. The molecule has 0 radical (unpaired) electrons. The fourth-order valence-corrected chi connectivity index (χ4v) is 2.44. The molecule has 0 atom stereocenters. The summed E-state index contributed by atoms with van der Waals surface area (Å²) < 4.78 is 5.65. The van der Waals surface area contributed by atoms with Crippen LogP contribution in [-0.2, 0) is 0 Å². The van der Waals surface area contributed by atoms with Crippen molar-refractivity contribution in [3.8, 4) is 11.3 Å². The Kier molecular flexibility index (Phi) is 5.07. The molecule has 2 aromatic carbocycles. The van der Waals surface area contributed by atoms with Crippen LogP contribution < -0.4 is 11.2 Å². The number of hydrogen-bond acceptors (Lipinski definition) is 4. The third kappa shape index (κ3) is 4.02. The number of amides is 1. The molecule has 1 aromatic heterocycles. The van der Waals surface area contributed by atoms with E-state index in [0.29, 0.717) is 32.8 Å². The lowest BCUT2D eigenvalue weighted by atomic mass is 10.2. The maximum absolute atomic E-state index is 12.0. The fourth-order valence-electron chi connectivity index (χ4n) is 2.15. The quantitative estimate of drug-likeness (QED) is 0.398. The van der Waals surface area contributed by atoms with Crippen molar-refractivity contribution in [1.29, 1.82) is 0 Å². The molecule has 3 aromatic rings. The number of halogens is 2. The van der Waals surface area contributed by atoms with Crippen molar-refractivity contribution in [2.45, 2.75) is 0 Å². The Labute approximate surface area is 154 Å². The number of carbonyl (C=O) groups is 1. The molecule has 0 saturated heterocycles. The lowest BCUT2D eigenvalue weighted by molar-refractivity contribution is 0.0956. The number of furan rings is 1. The number of benzene rings is 2. The first-order chi connectivity index (χ1) is 12.0.